The molecule has 0 aromatic heterocycles. The van der Waals surface area contributed by atoms with Gasteiger partial charge >= 0.3 is 12.1 Å². The lowest BCUT2D eigenvalue weighted by Gasteiger charge is -2.25. The van der Waals surface area contributed by atoms with Crippen LogP contribution in [0.2, 0.25) is 0 Å². The zero-order valence-electron chi connectivity index (χ0n) is 14.8. The summed E-state index contributed by atoms with van der Waals surface area (Å²) < 4.78 is 39.7. The van der Waals surface area contributed by atoms with Crippen molar-refractivity contribution in [3.05, 3.63) is 102 Å². The SMILES string of the molecule is O=C(N(Cc1ccccc1)c1ccccc1C#Cc1ccccc1)C(F)(F)F. The molecule has 3 rings (SSSR count). The number of alkyl halides is 3. The smallest absolute Gasteiger partial charge is 0.299 e. The van der Waals surface area contributed by atoms with Gasteiger partial charge in [-0.3, -0.25) is 9.69 Å². The Balaban J connectivity index is 2.03. The van der Waals surface area contributed by atoms with E-state index in [-0.39, 0.29) is 12.2 Å². The number of carbonyl (C=O) groups is 1. The molecule has 0 saturated heterocycles. The predicted molar refractivity (Wildman–Crippen MR) is 103 cm³/mol. The molecule has 0 atom stereocenters. The minimum Gasteiger partial charge on any atom is -0.299 e. The van der Waals surface area contributed by atoms with E-state index in [0.29, 0.717) is 11.1 Å². The van der Waals surface area contributed by atoms with Gasteiger partial charge in [0.2, 0.25) is 0 Å². The molecule has 140 valence electrons. The average molecular weight is 379 g/mol. The molecule has 0 bridgehead atoms. The third-order valence-corrected chi connectivity index (χ3v) is 3.98. The molecule has 0 aliphatic rings. The minimum atomic E-state index is -4.99. The first-order valence-electron chi connectivity index (χ1n) is 8.54. The number of benzene rings is 3. The van der Waals surface area contributed by atoms with E-state index in [9.17, 15) is 18.0 Å². The number of rotatable bonds is 3. The zero-order chi connectivity index (χ0) is 20.0. The molecule has 3 aromatic carbocycles. The predicted octanol–water partition coefficient (Wildman–Crippen LogP) is 5.18. The molecule has 0 spiro atoms. The second-order valence-electron chi connectivity index (χ2n) is 6.01. The van der Waals surface area contributed by atoms with Gasteiger partial charge in [0, 0.05) is 11.1 Å². The van der Waals surface area contributed by atoms with Crippen LogP contribution in [0.3, 0.4) is 0 Å². The summed E-state index contributed by atoms with van der Waals surface area (Å²) in [5.74, 6) is 3.89. The summed E-state index contributed by atoms with van der Waals surface area (Å²) in [5, 5.41) is 0. The molecule has 0 aliphatic heterocycles. The summed E-state index contributed by atoms with van der Waals surface area (Å²) in [6, 6.07) is 24.0. The van der Waals surface area contributed by atoms with Crippen molar-refractivity contribution < 1.29 is 18.0 Å². The first kappa shape index (κ1) is 19.2. The number of nitrogens with zero attached hydrogens (tertiary/aromatic N) is 1. The molecular weight excluding hydrogens is 363 g/mol. The van der Waals surface area contributed by atoms with E-state index >= 15 is 0 Å². The highest BCUT2D eigenvalue weighted by atomic mass is 19.4. The van der Waals surface area contributed by atoms with Gasteiger partial charge in [0.25, 0.3) is 0 Å². The Morgan fingerprint density at radius 2 is 1.36 bits per heavy atom. The van der Waals surface area contributed by atoms with Crippen molar-refractivity contribution >= 4 is 11.6 Å². The highest BCUT2D eigenvalue weighted by Crippen LogP contribution is 2.28. The van der Waals surface area contributed by atoms with E-state index < -0.39 is 12.1 Å². The number of hydrogen-bond acceptors (Lipinski definition) is 1. The van der Waals surface area contributed by atoms with E-state index in [2.05, 4.69) is 11.8 Å². The second-order valence-corrected chi connectivity index (χ2v) is 6.01. The van der Waals surface area contributed by atoms with Gasteiger partial charge in [-0.2, -0.15) is 13.2 Å². The fourth-order valence-corrected chi connectivity index (χ4v) is 2.66. The van der Waals surface area contributed by atoms with Crippen molar-refractivity contribution in [1.29, 1.82) is 0 Å². The van der Waals surface area contributed by atoms with E-state index in [0.717, 1.165) is 10.5 Å². The van der Waals surface area contributed by atoms with Crippen LogP contribution in [0.1, 0.15) is 16.7 Å². The molecule has 3 aromatic rings. The van der Waals surface area contributed by atoms with Crippen LogP contribution in [0.5, 0.6) is 0 Å². The number of para-hydroxylation sites is 1. The molecule has 0 radical (unpaired) electrons. The maximum atomic E-state index is 13.2. The maximum Gasteiger partial charge on any atom is 0.471 e. The Hall–Kier alpha value is -3.52. The van der Waals surface area contributed by atoms with Crippen LogP contribution in [0.4, 0.5) is 18.9 Å². The fraction of sp³-hybridized carbons (Fsp3) is 0.0870. The number of halogens is 3. The van der Waals surface area contributed by atoms with E-state index in [1.54, 1.807) is 60.7 Å². The highest BCUT2D eigenvalue weighted by Gasteiger charge is 2.43. The van der Waals surface area contributed by atoms with Crippen LogP contribution < -0.4 is 4.90 Å². The Morgan fingerprint density at radius 1 is 0.786 bits per heavy atom. The van der Waals surface area contributed by atoms with Crippen LogP contribution in [-0.2, 0) is 11.3 Å². The van der Waals surface area contributed by atoms with Crippen molar-refractivity contribution in [3.8, 4) is 11.8 Å². The van der Waals surface area contributed by atoms with Crippen LogP contribution in [-0.4, -0.2) is 12.1 Å². The molecule has 0 heterocycles. The van der Waals surface area contributed by atoms with E-state index in [1.807, 2.05) is 18.2 Å². The molecule has 28 heavy (non-hydrogen) atoms. The van der Waals surface area contributed by atoms with Gasteiger partial charge < -0.3 is 0 Å². The standard InChI is InChI=1S/C23H16F3NO/c24-23(25,26)22(28)27(17-19-11-5-2-6-12-19)21-14-8-7-13-20(21)16-15-18-9-3-1-4-10-18/h1-14H,17H2. The lowest BCUT2D eigenvalue weighted by Crippen LogP contribution is -2.41. The molecule has 1 amide bonds. The topological polar surface area (TPSA) is 20.3 Å². The Kier molecular flexibility index (Phi) is 5.81. The van der Waals surface area contributed by atoms with Crippen LogP contribution in [0.15, 0.2) is 84.9 Å². The third-order valence-electron chi connectivity index (χ3n) is 3.98. The average Bonchev–Trinajstić information content (AvgIpc) is 2.71. The van der Waals surface area contributed by atoms with Gasteiger partial charge in [-0.1, -0.05) is 72.5 Å². The first-order chi connectivity index (χ1) is 13.4. The summed E-state index contributed by atoms with van der Waals surface area (Å²) in [5.41, 5.74) is 1.79. The van der Waals surface area contributed by atoms with Crippen molar-refractivity contribution in [2.24, 2.45) is 0 Å². The molecule has 5 heteroatoms. The lowest BCUT2D eigenvalue weighted by atomic mass is 10.1. The fourth-order valence-electron chi connectivity index (χ4n) is 2.66. The normalized spacial score (nSPS) is 10.7. The van der Waals surface area contributed by atoms with Crippen molar-refractivity contribution in [2.45, 2.75) is 12.7 Å². The summed E-state index contributed by atoms with van der Waals surface area (Å²) in [7, 11) is 0. The van der Waals surface area contributed by atoms with Crippen LogP contribution in [0.25, 0.3) is 0 Å². The molecule has 0 aliphatic carbocycles. The van der Waals surface area contributed by atoms with Crippen molar-refractivity contribution in [1.82, 2.24) is 0 Å². The highest BCUT2D eigenvalue weighted by molar-refractivity contribution is 5.98. The number of amides is 1. The van der Waals surface area contributed by atoms with Gasteiger partial charge in [-0.25, -0.2) is 0 Å². The maximum absolute atomic E-state index is 13.2. The molecular formula is C23H16F3NO. The third kappa shape index (κ3) is 4.80. The number of carbonyl (C=O) groups excluding carboxylic acids is 1. The van der Waals surface area contributed by atoms with Crippen LogP contribution in [0, 0.1) is 11.8 Å². The summed E-state index contributed by atoms with van der Waals surface area (Å²) in [4.78, 5) is 12.9. The molecule has 2 nitrogen and oxygen atoms in total. The van der Waals surface area contributed by atoms with Gasteiger partial charge in [0.1, 0.15) is 0 Å². The summed E-state index contributed by atoms with van der Waals surface area (Å²) >= 11 is 0. The Labute approximate surface area is 161 Å². The first-order valence-corrected chi connectivity index (χ1v) is 8.54. The second kappa shape index (κ2) is 8.45. The Bertz CT molecular complexity index is 1000. The largest absolute Gasteiger partial charge is 0.471 e. The van der Waals surface area contributed by atoms with Gasteiger partial charge in [0.15, 0.2) is 0 Å². The van der Waals surface area contributed by atoms with Gasteiger partial charge in [-0.15, -0.1) is 0 Å². The minimum absolute atomic E-state index is 0.122. The summed E-state index contributed by atoms with van der Waals surface area (Å²) in [6.07, 6.45) is -4.99. The summed E-state index contributed by atoms with van der Waals surface area (Å²) in [6.45, 7) is -0.205. The van der Waals surface area contributed by atoms with Crippen molar-refractivity contribution in [3.63, 3.8) is 0 Å². The molecule has 0 saturated carbocycles. The van der Waals surface area contributed by atoms with Gasteiger partial charge in [-0.05, 0) is 29.8 Å². The number of hydrogen-bond donors (Lipinski definition) is 0. The zero-order valence-corrected chi connectivity index (χ0v) is 14.8. The quantitative estimate of drug-likeness (QED) is 0.574. The van der Waals surface area contributed by atoms with Crippen molar-refractivity contribution in [2.75, 3.05) is 4.90 Å². The number of anilines is 1. The van der Waals surface area contributed by atoms with E-state index in [1.165, 1.54) is 6.07 Å². The lowest BCUT2D eigenvalue weighted by molar-refractivity contribution is -0.170. The Morgan fingerprint density at radius 3 is 2.00 bits per heavy atom. The molecule has 0 N–H and O–H groups in total. The van der Waals surface area contributed by atoms with Crippen LogP contribution >= 0.6 is 0 Å². The van der Waals surface area contributed by atoms with Gasteiger partial charge in [0.05, 0.1) is 12.2 Å². The van der Waals surface area contributed by atoms with E-state index in [4.69, 9.17) is 0 Å². The molecule has 0 fully saturated rings. The monoisotopic (exact) mass is 379 g/mol. The molecule has 0 unspecified atom stereocenters.